The van der Waals surface area contributed by atoms with E-state index in [1.54, 1.807) is 19.2 Å². The third-order valence-corrected chi connectivity index (χ3v) is 3.74. The van der Waals surface area contributed by atoms with Crippen LogP contribution in [0.1, 0.15) is 35.2 Å². The van der Waals surface area contributed by atoms with Crippen molar-refractivity contribution >= 4 is 17.6 Å². The van der Waals surface area contributed by atoms with Gasteiger partial charge in [-0.15, -0.1) is 0 Å². The van der Waals surface area contributed by atoms with E-state index in [0.29, 0.717) is 12.2 Å². The second-order valence-electron chi connectivity index (χ2n) is 5.14. The van der Waals surface area contributed by atoms with E-state index in [-0.39, 0.29) is 17.5 Å². The number of hydrogen-bond acceptors (Lipinski definition) is 3. The molecule has 5 heteroatoms. The van der Waals surface area contributed by atoms with Crippen LogP contribution in [0.3, 0.4) is 0 Å². The molecule has 1 amide bonds. The normalized spacial score (nSPS) is 18.7. The summed E-state index contributed by atoms with van der Waals surface area (Å²) in [7, 11) is 1.61. The van der Waals surface area contributed by atoms with Gasteiger partial charge in [-0.2, -0.15) is 0 Å². The molecule has 1 unspecified atom stereocenters. The Morgan fingerprint density at radius 2 is 2.10 bits per heavy atom. The number of carbonyl (C=O) groups excluding carboxylic acids is 1. The van der Waals surface area contributed by atoms with Crippen molar-refractivity contribution in [2.24, 2.45) is 0 Å². The van der Waals surface area contributed by atoms with Crippen molar-refractivity contribution in [3.63, 3.8) is 0 Å². The monoisotopic (exact) mass is 276 g/mol. The number of hydrogen-bond donors (Lipinski definition) is 2. The third-order valence-electron chi connectivity index (χ3n) is 3.74. The molecule has 0 spiro atoms. The van der Waals surface area contributed by atoms with Crippen molar-refractivity contribution in [3.05, 3.63) is 29.3 Å². The molecule has 0 radical (unpaired) electrons. The zero-order valence-corrected chi connectivity index (χ0v) is 11.8. The van der Waals surface area contributed by atoms with E-state index in [0.717, 1.165) is 24.8 Å². The maximum Gasteiger partial charge on any atom is 0.337 e. The zero-order valence-electron chi connectivity index (χ0n) is 11.8. The highest BCUT2D eigenvalue weighted by molar-refractivity contribution is 5.96. The average Bonchev–Trinajstić information content (AvgIpc) is 2.46. The van der Waals surface area contributed by atoms with Gasteiger partial charge in [0.15, 0.2) is 0 Å². The quantitative estimate of drug-likeness (QED) is 0.883. The van der Waals surface area contributed by atoms with Crippen molar-refractivity contribution < 1.29 is 14.7 Å². The number of benzene rings is 1. The predicted octanol–water partition coefficient (Wildman–Crippen LogP) is 1.80. The molecule has 0 saturated carbocycles. The van der Waals surface area contributed by atoms with Crippen LogP contribution in [0.15, 0.2) is 18.2 Å². The van der Waals surface area contributed by atoms with E-state index in [2.05, 4.69) is 5.32 Å². The van der Waals surface area contributed by atoms with Crippen LogP contribution in [0, 0.1) is 6.92 Å². The molecular weight excluding hydrogens is 256 g/mol. The maximum absolute atomic E-state index is 12.0. The molecule has 0 aliphatic carbocycles. The van der Waals surface area contributed by atoms with Gasteiger partial charge in [0.25, 0.3) is 0 Å². The van der Waals surface area contributed by atoms with Gasteiger partial charge in [-0.05, 0) is 43.9 Å². The molecule has 1 aromatic carbocycles. The summed E-state index contributed by atoms with van der Waals surface area (Å²) in [6.07, 6.45) is 2.72. The molecule has 2 rings (SSSR count). The topological polar surface area (TPSA) is 69.6 Å². The molecule has 20 heavy (non-hydrogen) atoms. The largest absolute Gasteiger partial charge is 0.478 e. The first-order valence-electron chi connectivity index (χ1n) is 6.86. The lowest BCUT2D eigenvalue weighted by Crippen LogP contribution is -2.49. The standard InChI is InChI=1S/C15H20N2O3/c1-10-6-7-11(15(19)20)13(9-10)17-8-4-3-5-12(17)14(18)16-2/h6-7,9,12H,3-5,8H2,1-2H3,(H,16,18)(H,19,20). The van der Waals surface area contributed by atoms with Gasteiger partial charge < -0.3 is 15.3 Å². The maximum atomic E-state index is 12.0. The molecule has 0 bridgehead atoms. The zero-order chi connectivity index (χ0) is 14.7. The van der Waals surface area contributed by atoms with Crippen LogP contribution in [-0.2, 0) is 4.79 Å². The summed E-state index contributed by atoms with van der Waals surface area (Å²) in [5.74, 6) is -1.01. The van der Waals surface area contributed by atoms with E-state index in [9.17, 15) is 14.7 Å². The van der Waals surface area contributed by atoms with E-state index in [4.69, 9.17) is 0 Å². The predicted molar refractivity (Wildman–Crippen MR) is 77.2 cm³/mol. The van der Waals surface area contributed by atoms with Crippen molar-refractivity contribution in [3.8, 4) is 0 Å². The van der Waals surface area contributed by atoms with Gasteiger partial charge in [0.1, 0.15) is 6.04 Å². The van der Waals surface area contributed by atoms with Crippen LogP contribution in [0.4, 0.5) is 5.69 Å². The Morgan fingerprint density at radius 1 is 1.35 bits per heavy atom. The van der Waals surface area contributed by atoms with E-state index < -0.39 is 5.97 Å². The summed E-state index contributed by atoms with van der Waals surface area (Å²) in [6.45, 7) is 2.63. The molecule has 1 heterocycles. The highest BCUT2D eigenvalue weighted by Gasteiger charge is 2.30. The Bertz CT molecular complexity index is 528. The lowest BCUT2D eigenvalue weighted by Gasteiger charge is -2.37. The Hall–Kier alpha value is -2.04. The number of aryl methyl sites for hydroxylation is 1. The number of anilines is 1. The van der Waals surface area contributed by atoms with E-state index >= 15 is 0 Å². The van der Waals surface area contributed by atoms with Crippen molar-refractivity contribution in [2.45, 2.75) is 32.2 Å². The number of carboxylic acids is 1. The fourth-order valence-corrected chi connectivity index (χ4v) is 2.72. The van der Waals surface area contributed by atoms with Crippen molar-refractivity contribution in [1.29, 1.82) is 0 Å². The molecule has 0 aromatic heterocycles. The number of nitrogens with one attached hydrogen (secondary N) is 1. The third kappa shape index (κ3) is 2.76. The Balaban J connectivity index is 2.44. The van der Waals surface area contributed by atoms with Crippen LogP contribution >= 0.6 is 0 Å². The molecule has 108 valence electrons. The molecular formula is C15H20N2O3. The molecule has 1 fully saturated rings. The molecule has 1 aliphatic heterocycles. The van der Waals surface area contributed by atoms with E-state index in [1.165, 1.54) is 0 Å². The minimum atomic E-state index is -0.957. The van der Waals surface area contributed by atoms with Gasteiger partial charge in [-0.25, -0.2) is 4.79 Å². The van der Waals surface area contributed by atoms with Gasteiger partial charge in [0.2, 0.25) is 5.91 Å². The highest BCUT2D eigenvalue weighted by atomic mass is 16.4. The second kappa shape index (κ2) is 5.94. The molecule has 5 nitrogen and oxygen atoms in total. The van der Waals surface area contributed by atoms with Crippen LogP contribution in [0.5, 0.6) is 0 Å². The number of rotatable bonds is 3. The molecule has 1 saturated heterocycles. The molecule has 1 atom stereocenters. The number of amides is 1. The first-order valence-corrected chi connectivity index (χ1v) is 6.86. The number of likely N-dealkylation sites (N-methyl/N-ethyl adjacent to an activating group) is 1. The average molecular weight is 276 g/mol. The van der Waals surface area contributed by atoms with Gasteiger partial charge in [0.05, 0.1) is 11.3 Å². The van der Waals surface area contributed by atoms with Crippen LogP contribution in [0.2, 0.25) is 0 Å². The number of aromatic carboxylic acids is 1. The van der Waals surface area contributed by atoms with Crippen LogP contribution < -0.4 is 10.2 Å². The molecule has 1 aromatic rings. The minimum absolute atomic E-state index is 0.0532. The minimum Gasteiger partial charge on any atom is -0.478 e. The number of piperidine rings is 1. The number of nitrogens with zero attached hydrogens (tertiary/aromatic N) is 1. The Morgan fingerprint density at radius 3 is 2.75 bits per heavy atom. The van der Waals surface area contributed by atoms with Crippen molar-refractivity contribution in [1.82, 2.24) is 5.32 Å². The lowest BCUT2D eigenvalue weighted by atomic mass is 9.98. The lowest BCUT2D eigenvalue weighted by molar-refractivity contribution is -0.122. The van der Waals surface area contributed by atoms with Gasteiger partial charge in [0, 0.05) is 13.6 Å². The van der Waals surface area contributed by atoms with E-state index in [1.807, 2.05) is 17.9 Å². The summed E-state index contributed by atoms with van der Waals surface area (Å²) in [4.78, 5) is 25.3. The summed E-state index contributed by atoms with van der Waals surface area (Å²) >= 11 is 0. The Labute approximate surface area is 118 Å². The summed E-state index contributed by atoms with van der Waals surface area (Å²) < 4.78 is 0. The summed E-state index contributed by atoms with van der Waals surface area (Å²) in [5.41, 5.74) is 1.89. The summed E-state index contributed by atoms with van der Waals surface area (Å²) in [6, 6.07) is 4.97. The fraction of sp³-hybridized carbons (Fsp3) is 0.467. The van der Waals surface area contributed by atoms with Gasteiger partial charge in [-0.3, -0.25) is 4.79 Å². The highest BCUT2D eigenvalue weighted by Crippen LogP contribution is 2.29. The first kappa shape index (κ1) is 14.4. The second-order valence-corrected chi connectivity index (χ2v) is 5.14. The Kier molecular flexibility index (Phi) is 4.27. The smallest absolute Gasteiger partial charge is 0.337 e. The first-order chi connectivity index (χ1) is 9.54. The number of carbonyl (C=O) groups is 2. The SMILES string of the molecule is CNC(=O)C1CCCCN1c1cc(C)ccc1C(=O)O. The number of carboxylic acid groups (broad SMARTS) is 1. The molecule has 2 N–H and O–H groups in total. The molecule has 1 aliphatic rings. The summed E-state index contributed by atoms with van der Waals surface area (Å²) in [5, 5.41) is 12.0. The van der Waals surface area contributed by atoms with Crippen LogP contribution in [0.25, 0.3) is 0 Å². The van der Waals surface area contributed by atoms with Crippen molar-refractivity contribution in [2.75, 3.05) is 18.5 Å². The van der Waals surface area contributed by atoms with Crippen LogP contribution in [-0.4, -0.2) is 36.6 Å². The van der Waals surface area contributed by atoms with Gasteiger partial charge >= 0.3 is 5.97 Å². The van der Waals surface area contributed by atoms with Gasteiger partial charge in [-0.1, -0.05) is 6.07 Å². The fourth-order valence-electron chi connectivity index (χ4n) is 2.72.